The quantitative estimate of drug-likeness (QED) is 0.433. The number of ether oxygens (including phenoxy) is 1. The van der Waals surface area contributed by atoms with Gasteiger partial charge in [-0.05, 0) is 79.7 Å². The number of phenolic OH excluding ortho intramolecular Hbond substituents is 1. The van der Waals surface area contributed by atoms with Crippen molar-refractivity contribution in [3.63, 3.8) is 0 Å². The molecule has 5 heteroatoms. The van der Waals surface area contributed by atoms with Crippen molar-refractivity contribution < 1.29 is 14.6 Å². The van der Waals surface area contributed by atoms with Crippen LogP contribution in [0.3, 0.4) is 0 Å². The molecule has 0 spiro atoms. The second-order valence-electron chi connectivity index (χ2n) is 9.75. The van der Waals surface area contributed by atoms with E-state index >= 15 is 0 Å². The van der Waals surface area contributed by atoms with Gasteiger partial charge in [0.2, 0.25) is 5.91 Å². The minimum absolute atomic E-state index is 0.119. The van der Waals surface area contributed by atoms with Crippen LogP contribution >= 0.6 is 0 Å². The maximum Gasteiger partial charge on any atom is 0.223 e. The van der Waals surface area contributed by atoms with Crippen molar-refractivity contribution >= 4 is 5.91 Å². The second kappa shape index (κ2) is 12.3. The van der Waals surface area contributed by atoms with Gasteiger partial charge in [-0.25, -0.2) is 0 Å². The van der Waals surface area contributed by atoms with Crippen LogP contribution in [-0.2, 0) is 11.2 Å². The molecule has 34 heavy (non-hydrogen) atoms. The first-order chi connectivity index (χ1) is 16.7. The number of nitrogens with zero attached hydrogens (tertiary/aromatic N) is 2. The first kappa shape index (κ1) is 24.6. The molecule has 1 fully saturated rings. The Labute approximate surface area is 204 Å². The molecule has 2 aromatic rings. The van der Waals surface area contributed by atoms with E-state index < -0.39 is 0 Å². The van der Waals surface area contributed by atoms with E-state index in [1.807, 2.05) is 29.2 Å². The highest BCUT2D eigenvalue weighted by atomic mass is 16.5. The number of rotatable bonds is 11. The Morgan fingerprint density at radius 2 is 1.76 bits per heavy atom. The van der Waals surface area contributed by atoms with Crippen LogP contribution in [0.2, 0.25) is 0 Å². The van der Waals surface area contributed by atoms with Gasteiger partial charge < -0.3 is 14.7 Å². The minimum atomic E-state index is -0.119. The van der Waals surface area contributed by atoms with Gasteiger partial charge in [0.05, 0.1) is 6.04 Å². The molecule has 1 N–H and O–H groups in total. The zero-order valence-corrected chi connectivity index (χ0v) is 20.7. The molecule has 1 amide bonds. The zero-order valence-electron chi connectivity index (χ0n) is 20.7. The Morgan fingerprint density at radius 3 is 2.53 bits per heavy atom. The lowest BCUT2D eigenvalue weighted by Gasteiger charge is -2.38. The van der Waals surface area contributed by atoms with Crippen LogP contribution in [-0.4, -0.2) is 53.6 Å². The summed E-state index contributed by atoms with van der Waals surface area (Å²) in [4.78, 5) is 17.8. The van der Waals surface area contributed by atoms with E-state index in [4.69, 9.17) is 4.74 Å². The fourth-order valence-corrected chi connectivity index (χ4v) is 5.31. The van der Waals surface area contributed by atoms with Gasteiger partial charge in [-0.2, -0.15) is 0 Å². The van der Waals surface area contributed by atoms with Crippen molar-refractivity contribution in [3.8, 4) is 11.5 Å². The van der Waals surface area contributed by atoms with Gasteiger partial charge in [0.15, 0.2) is 0 Å². The minimum Gasteiger partial charge on any atom is -0.508 e. The van der Waals surface area contributed by atoms with Gasteiger partial charge in [0, 0.05) is 19.5 Å². The largest absolute Gasteiger partial charge is 0.508 e. The topological polar surface area (TPSA) is 53.0 Å². The summed E-state index contributed by atoms with van der Waals surface area (Å²) in [5, 5.41) is 10.0. The Hall–Kier alpha value is -2.53. The number of hydrogen-bond donors (Lipinski definition) is 1. The van der Waals surface area contributed by atoms with Crippen LogP contribution in [0.25, 0.3) is 0 Å². The molecule has 2 aliphatic heterocycles. The molecule has 1 saturated heterocycles. The van der Waals surface area contributed by atoms with Crippen molar-refractivity contribution in [2.75, 3.05) is 32.8 Å². The number of carbonyl (C=O) groups is 1. The monoisotopic (exact) mass is 464 g/mol. The predicted molar refractivity (Wildman–Crippen MR) is 136 cm³/mol. The van der Waals surface area contributed by atoms with Gasteiger partial charge in [-0.1, -0.05) is 50.8 Å². The Balaban J connectivity index is 1.45. The van der Waals surface area contributed by atoms with Crippen LogP contribution in [0.1, 0.15) is 81.0 Å². The highest BCUT2D eigenvalue weighted by Gasteiger charge is 2.32. The molecule has 2 aromatic carbocycles. The average Bonchev–Trinajstić information content (AvgIpc) is 3.37. The van der Waals surface area contributed by atoms with Crippen molar-refractivity contribution in [1.82, 2.24) is 9.80 Å². The number of likely N-dealkylation sites (tertiary alicyclic amines) is 1. The molecule has 2 aliphatic rings. The number of carbonyl (C=O) groups excluding carboxylic acids is 1. The van der Waals surface area contributed by atoms with Gasteiger partial charge in [-0.3, -0.25) is 9.69 Å². The van der Waals surface area contributed by atoms with Crippen molar-refractivity contribution in [1.29, 1.82) is 0 Å². The second-order valence-corrected chi connectivity index (χ2v) is 9.75. The SMILES string of the molecule is CCCCCCCC(=O)N1CCc2cc(O)ccc2C1c1ccc(OCCN2CCCC2)cc1. The summed E-state index contributed by atoms with van der Waals surface area (Å²) in [6.07, 6.45) is 9.69. The summed E-state index contributed by atoms with van der Waals surface area (Å²) < 4.78 is 6.00. The zero-order chi connectivity index (χ0) is 23.8. The van der Waals surface area contributed by atoms with Crippen LogP contribution < -0.4 is 4.74 Å². The lowest BCUT2D eigenvalue weighted by Crippen LogP contribution is -2.40. The summed E-state index contributed by atoms with van der Waals surface area (Å²) in [6.45, 7) is 6.93. The van der Waals surface area contributed by atoms with E-state index in [1.54, 1.807) is 6.07 Å². The molecule has 1 atom stereocenters. The van der Waals surface area contributed by atoms with Crippen LogP contribution in [0.5, 0.6) is 11.5 Å². The smallest absolute Gasteiger partial charge is 0.223 e. The number of phenols is 1. The number of benzene rings is 2. The van der Waals surface area contributed by atoms with E-state index in [2.05, 4.69) is 24.0 Å². The molecule has 1 unspecified atom stereocenters. The van der Waals surface area contributed by atoms with E-state index in [9.17, 15) is 9.90 Å². The number of unbranched alkanes of at least 4 members (excludes halogenated alkanes) is 4. The predicted octanol–water partition coefficient (Wildman–Crippen LogP) is 5.70. The molecule has 0 bridgehead atoms. The Morgan fingerprint density at radius 1 is 1.00 bits per heavy atom. The average molecular weight is 465 g/mol. The maximum atomic E-state index is 13.3. The van der Waals surface area contributed by atoms with E-state index in [0.717, 1.165) is 48.2 Å². The Bertz CT molecular complexity index is 921. The van der Waals surface area contributed by atoms with Crippen LogP contribution in [0.15, 0.2) is 42.5 Å². The van der Waals surface area contributed by atoms with E-state index in [1.165, 1.54) is 45.2 Å². The van der Waals surface area contributed by atoms with Gasteiger partial charge in [-0.15, -0.1) is 0 Å². The summed E-state index contributed by atoms with van der Waals surface area (Å²) in [5.41, 5.74) is 3.34. The first-order valence-electron chi connectivity index (χ1n) is 13.2. The Kier molecular flexibility index (Phi) is 8.86. The highest BCUT2D eigenvalue weighted by molar-refractivity contribution is 5.78. The number of aromatic hydroxyl groups is 1. The fourth-order valence-electron chi connectivity index (χ4n) is 5.31. The molecular formula is C29H40N2O3. The third-order valence-electron chi connectivity index (χ3n) is 7.24. The lowest BCUT2D eigenvalue weighted by atomic mass is 9.87. The third kappa shape index (κ3) is 6.32. The molecule has 4 rings (SSSR count). The number of hydrogen-bond acceptors (Lipinski definition) is 4. The normalized spacial score (nSPS) is 18.1. The molecular weight excluding hydrogens is 424 g/mol. The molecule has 2 heterocycles. The number of fused-ring (bicyclic) bond motifs is 1. The van der Waals surface area contributed by atoms with Crippen molar-refractivity contribution in [2.45, 2.75) is 70.8 Å². The van der Waals surface area contributed by atoms with E-state index in [-0.39, 0.29) is 17.7 Å². The summed E-state index contributed by atoms with van der Waals surface area (Å²) in [7, 11) is 0. The third-order valence-corrected chi connectivity index (χ3v) is 7.24. The van der Waals surface area contributed by atoms with Crippen molar-refractivity contribution in [2.24, 2.45) is 0 Å². The fraction of sp³-hybridized carbons (Fsp3) is 0.552. The van der Waals surface area contributed by atoms with Gasteiger partial charge in [0.25, 0.3) is 0 Å². The molecule has 184 valence electrons. The van der Waals surface area contributed by atoms with Crippen molar-refractivity contribution in [3.05, 3.63) is 59.2 Å². The summed E-state index contributed by atoms with van der Waals surface area (Å²) in [6, 6.07) is 13.7. The lowest BCUT2D eigenvalue weighted by molar-refractivity contribution is -0.133. The summed E-state index contributed by atoms with van der Waals surface area (Å²) in [5.74, 6) is 1.39. The molecule has 0 saturated carbocycles. The summed E-state index contributed by atoms with van der Waals surface area (Å²) >= 11 is 0. The highest BCUT2D eigenvalue weighted by Crippen LogP contribution is 2.37. The molecule has 5 nitrogen and oxygen atoms in total. The molecule has 0 aromatic heterocycles. The van der Waals surface area contributed by atoms with Gasteiger partial charge >= 0.3 is 0 Å². The standard InChI is InChI=1S/C29H40N2O3/c1-2-3-4-5-6-9-28(33)31-19-16-24-22-25(32)12-15-27(24)29(31)23-10-13-26(14-11-23)34-21-20-30-17-7-8-18-30/h10-15,22,29,32H,2-9,16-21H2,1H3. The molecule has 0 aliphatic carbocycles. The molecule has 0 radical (unpaired) electrons. The first-order valence-corrected chi connectivity index (χ1v) is 13.2. The maximum absolute atomic E-state index is 13.3. The van der Waals surface area contributed by atoms with Crippen LogP contribution in [0.4, 0.5) is 0 Å². The van der Waals surface area contributed by atoms with Gasteiger partial charge in [0.1, 0.15) is 18.1 Å². The van der Waals surface area contributed by atoms with E-state index in [0.29, 0.717) is 19.6 Å². The number of amides is 1. The van der Waals surface area contributed by atoms with Crippen LogP contribution in [0, 0.1) is 0 Å².